The van der Waals surface area contributed by atoms with Crippen LogP contribution in [0.15, 0.2) is 42.5 Å². The minimum Gasteiger partial charge on any atom is -0.466 e. The van der Waals surface area contributed by atoms with Crippen molar-refractivity contribution < 1.29 is 14.5 Å². The molecule has 2 aromatic rings. The normalized spacial score (nSPS) is 11.2. The van der Waals surface area contributed by atoms with Gasteiger partial charge in [0, 0.05) is 6.07 Å². The van der Waals surface area contributed by atoms with E-state index in [0.29, 0.717) is 0 Å². The molecule has 0 saturated heterocycles. The predicted octanol–water partition coefficient (Wildman–Crippen LogP) is 2.97. The van der Waals surface area contributed by atoms with E-state index in [-0.39, 0.29) is 30.2 Å². The lowest BCUT2D eigenvalue weighted by Crippen LogP contribution is -2.18. The summed E-state index contributed by atoms with van der Waals surface area (Å²) in [6, 6.07) is 12.7. The number of anilines is 1. The minimum absolute atomic E-state index is 0.0343. The number of ether oxygens (including phenoxy) is 1. The molecular formula is C17H16N4O4. The Morgan fingerprint density at radius 2 is 2.08 bits per heavy atom. The third kappa shape index (κ3) is 4.75. The van der Waals surface area contributed by atoms with Crippen LogP contribution >= 0.6 is 0 Å². The van der Waals surface area contributed by atoms with Crippen LogP contribution in [-0.2, 0) is 9.53 Å². The number of aromatic nitrogens is 1. The van der Waals surface area contributed by atoms with Crippen molar-refractivity contribution >= 4 is 17.5 Å². The smallest absolute Gasteiger partial charge is 0.311 e. The molecule has 1 N–H and O–H groups in total. The second kappa shape index (κ2) is 8.40. The maximum absolute atomic E-state index is 11.9. The molecule has 8 heteroatoms. The van der Waals surface area contributed by atoms with Crippen molar-refractivity contribution in [3.05, 3.63) is 63.8 Å². The number of nitro groups is 1. The van der Waals surface area contributed by atoms with Crippen molar-refractivity contribution in [3.63, 3.8) is 0 Å². The fraction of sp³-hybridized carbons (Fsp3) is 0.235. The molecule has 25 heavy (non-hydrogen) atoms. The maximum atomic E-state index is 11.9. The van der Waals surface area contributed by atoms with E-state index in [4.69, 9.17) is 10.00 Å². The average Bonchev–Trinajstić information content (AvgIpc) is 2.61. The van der Waals surface area contributed by atoms with Gasteiger partial charge in [0.2, 0.25) is 5.82 Å². The molecule has 0 amide bonds. The summed E-state index contributed by atoms with van der Waals surface area (Å²) in [6.45, 7) is 1.94. The Morgan fingerprint density at radius 1 is 1.36 bits per heavy atom. The fourth-order valence-electron chi connectivity index (χ4n) is 2.26. The van der Waals surface area contributed by atoms with Gasteiger partial charge in [-0.1, -0.05) is 30.3 Å². The lowest BCUT2D eigenvalue weighted by molar-refractivity contribution is -0.384. The molecule has 0 bridgehead atoms. The number of nitriles is 1. The second-order valence-electron chi connectivity index (χ2n) is 5.05. The molecule has 0 spiro atoms. The summed E-state index contributed by atoms with van der Waals surface area (Å²) in [5.74, 6) is -0.509. The van der Waals surface area contributed by atoms with Crippen molar-refractivity contribution in [2.75, 3.05) is 11.9 Å². The van der Waals surface area contributed by atoms with Crippen LogP contribution in [-0.4, -0.2) is 22.5 Å². The Bertz CT molecular complexity index is 802. The lowest BCUT2D eigenvalue weighted by atomic mass is 10.0. The van der Waals surface area contributed by atoms with Crippen molar-refractivity contribution in [1.29, 1.82) is 5.26 Å². The number of nitrogens with zero attached hydrogens (tertiary/aromatic N) is 3. The average molecular weight is 340 g/mol. The van der Waals surface area contributed by atoms with Crippen LogP contribution in [0.5, 0.6) is 0 Å². The largest absolute Gasteiger partial charge is 0.466 e. The quantitative estimate of drug-likeness (QED) is 0.467. The van der Waals surface area contributed by atoms with Crippen LogP contribution in [0.2, 0.25) is 0 Å². The van der Waals surface area contributed by atoms with Crippen LogP contribution in [0.25, 0.3) is 0 Å². The van der Waals surface area contributed by atoms with Crippen LogP contribution in [0.4, 0.5) is 11.5 Å². The van der Waals surface area contributed by atoms with Crippen LogP contribution in [0.1, 0.15) is 30.6 Å². The van der Waals surface area contributed by atoms with Crippen LogP contribution < -0.4 is 5.32 Å². The van der Waals surface area contributed by atoms with Crippen LogP contribution in [0, 0.1) is 21.4 Å². The van der Waals surface area contributed by atoms with E-state index in [1.54, 1.807) is 31.2 Å². The van der Waals surface area contributed by atoms with Crippen molar-refractivity contribution in [3.8, 4) is 6.07 Å². The van der Waals surface area contributed by atoms with Gasteiger partial charge in [0.25, 0.3) is 0 Å². The molecule has 0 aliphatic rings. The van der Waals surface area contributed by atoms with E-state index in [0.717, 1.165) is 5.56 Å². The highest BCUT2D eigenvalue weighted by Gasteiger charge is 2.23. The summed E-state index contributed by atoms with van der Waals surface area (Å²) in [7, 11) is 0. The van der Waals surface area contributed by atoms with E-state index in [2.05, 4.69) is 10.3 Å². The lowest BCUT2D eigenvalue weighted by Gasteiger charge is -2.19. The number of benzene rings is 1. The molecule has 128 valence electrons. The zero-order chi connectivity index (χ0) is 18.2. The number of hydrogen-bond acceptors (Lipinski definition) is 7. The van der Waals surface area contributed by atoms with Gasteiger partial charge in [0.15, 0.2) is 0 Å². The second-order valence-corrected chi connectivity index (χ2v) is 5.05. The van der Waals surface area contributed by atoms with Gasteiger partial charge in [-0.2, -0.15) is 5.26 Å². The molecule has 0 aliphatic carbocycles. The molecule has 1 unspecified atom stereocenters. The van der Waals surface area contributed by atoms with Gasteiger partial charge >= 0.3 is 11.7 Å². The van der Waals surface area contributed by atoms with Gasteiger partial charge in [-0.15, -0.1) is 0 Å². The Hall–Kier alpha value is -3.47. The number of carbonyl (C=O) groups is 1. The number of rotatable bonds is 7. The summed E-state index contributed by atoms with van der Waals surface area (Å²) in [5.41, 5.74) is 0.508. The molecule has 1 aromatic heterocycles. The zero-order valence-corrected chi connectivity index (χ0v) is 13.5. The Kier molecular flexibility index (Phi) is 6.01. The number of hydrogen-bond donors (Lipinski definition) is 1. The molecule has 1 aromatic carbocycles. The molecule has 0 aliphatic heterocycles. The van der Waals surface area contributed by atoms with E-state index in [1.165, 1.54) is 12.1 Å². The standard InChI is InChI=1S/C17H16N4O4/c1-2-25-16(22)10-14(12-6-4-3-5-7-12)20-17-15(21(23)24)9-8-13(11-18)19-17/h3-9,14H,2,10H2,1H3,(H,19,20). The SMILES string of the molecule is CCOC(=O)CC(Nc1nc(C#N)ccc1[N+](=O)[O-])c1ccccc1. The number of nitrogens with one attached hydrogen (secondary N) is 1. The molecule has 8 nitrogen and oxygen atoms in total. The first-order chi connectivity index (χ1) is 12.0. The summed E-state index contributed by atoms with van der Waals surface area (Å²) < 4.78 is 4.97. The van der Waals surface area contributed by atoms with Crippen molar-refractivity contribution in [2.45, 2.75) is 19.4 Å². The monoisotopic (exact) mass is 340 g/mol. The topological polar surface area (TPSA) is 118 Å². The van der Waals surface area contributed by atoms with Gasteiger partial charge in [-0.3, -0.25) is 14.9 Å². The summed E-state index contributed by atoms with van der Waals surface area (Å²) in [4.78, 5) is 26.5. The molecule has 0 fully saturated rings. The molecule has 2 rings (SSSR count). The van der Waals surface area contributed by atoms with Gasteiger partial charge < -0.3 is 10.1 Å². The summed E-state index contributed by atoms with van der Waals surface area (Å²) in [5, 5.41) is 23.1. The van der Waals surface area contributed by atoms with Gasteiger partial charge in [-0.05, 0) is 18.6 Å². The Balaban J connectivity index is 2.38. The number of pyridine rings is 1. The molecule has 1 atom stereocenters. The summed E-state index contributed by atoms with van der Waals surface area (Å²) in [6.07, 6.45) is -0.0343. The van der Waals surface area contributed by atoms with E-state index < -0.39 is 16.9 Å². The van der Waals surface area contributed by atoms with Crippen LogP contribution in [0.3, 0.4) is 0 Å². The fourth-order valence-corrected chi connectivity index (χ4v) is 2.26. The number of esters is 1. The Morgan fingerprint density at radius 3 is 2.68 bits per heavy atom. The zero-order valence-electron chi connectivity index (χ0n) is 13.5. The van der Waals surface area contributed by atoms with Crippen molar-refractivity contribution in [2.24, 2.45) is 0 Å². The predicted molar refractivity (Wildman–Crippen MR) is 89.7 cm³/mol. The van der Waals surface area contributed by atoms with Gasteiger partial charge in [-0.25, -0.2) is 4.98 Å². The van der Waals surface area contributed by atoms with Gasteiger partial charge in [0.1, 0.15) is 11.8 Å². The van der Waals surface area contributed by atoms with E-state index in [1.807, 2.05) is 12.1 Å². The minimum atomic E-state index is -0.594. The third-order valence-electron chi connectivity index (χ3n) is 3.37. The maximum Gasteiger partial charge on any atom is 0.311 e. The Labute approximate surface area is 144 Å². The molecular weight excluding hydrogens is 324 g/mol. The highest BCUT2D eigenvalue weighted by Crippen LogP contribution is 2.28. The number of carbonyl (C=O) groups excluding carboxylic acids is 1. The highest BCUT2D eigenvalue weighted by atomic mass is 16.6. The molecule has 0 radical (unpaired) electrons. The van der Waals surface area contributed by atoms with Crippen molar-refractivity contribution in [1.82, 2.24) is 4.98 Å². The first-order valence-electron chi connectivity index (χ1n) is 7.57. The van der Waals surface area contributed by atoms with E-state index >= 15 is 0 Å². The molecule has 1 heterocycles. The summed E-state index contributed by atoms with van der Waals surface area (Å²) >= 11 is 0. The molecule has 0 saturated carbocycles. The highest BCUT2D eigenvalue weighted by molar-refractivity contribution is 5.71. The van der Waals surface area contributed by atoms with Gasteiger partial charge in [0.05, 0.1) is 24.0 Å². The first-order valence-corrected chi connectivity index (χ1v) is 7.57. The van der Waals surface area contributed by atoms with E-state index in [9.17, 15) is 14.9 Å². The first kappa shape index (κ1) is 17.9. The third-order valence-corrected chi connectivity index (χ3v) is 3.37.